The van der Waals surface area contributed by atoms with E-state index in [0.717, 1.165) is 12.1 Å². The molecule has 1 unspecified atom stereocenters. The zero-order valence-corrected chi connectivity index (χ0v) is 5.64. The van der Waals surface area contributed by atoms with E-state index in [1.54, 1.807) is 6.92 Å². The summed E-state index contributed by atoms with van der Waals surface area (Å²) in [7, 11) is 0. The van der Waals surface area contributed by atoms with E-state index in [4.69, 9.17) is 10.2 Å². The van der Waals surface area contributed by atoms with Crippen molar-refractivity contribution in [1.82, 2.24) is 0 Å². The van der Waals surface area contributed by atoms with Gasteiger partial charge in [0, 0.05) is 12.1 Å². The largest absolute Gasteiger partial charge is 0.386 e. The minimum absolute atomic E-state index is 0.0787. The maximum Gasteiger partial charge on any atom is 0.169 e. The third-order valence-corrected chi connectivity index (χ3v) is 1.30. The van der Waals surface area contributed by atoms with Crippen LogP contribution in [0.2, 0.25) is 0 Å². The van der Waals surface area contributed by atoms with Crippen LogP contribution in [0.1, 0.15) is 20.3 Å². The van der Waals surface area contributed by atoms with Crippen LogP contribution in [0.3, 0.4) is 0 Å². The van der Waals surface area contributed by atoms with Crippen LogP contribution in [0.5, 0.6) is 0 Å². The molecule has 0 aliphatic carbocycles. The quantitative estimate of drug-likeness (QED) is 0.527. The summed E-state index contributed by atoms with van der Waals surface area (Å²) >= 11 is 0. The first-order chi connectivity index (χ1) is 4.20. The molecule has 0 amide bonds. The lowest BCUT2D eigenvalue weighted by Crippen LogP contribution is -2.15. The monoisotopic (exact) mass is 126 g/mol. The summed E-state index contributed by atoms with van der Waals surface area (Å²) in [5.41, 5.74) is 1.53. The molecule has 0 bridgehead atoms. The van der Waals surface area contributed by atoms with Crippen LogP contribution in [-0.2, 0) is 4.84 Å². The number of nitrogens with zero attached hydrogens (tertiary/aromatic N) is 1. The van der Waals surface area contributed by atoms with E-state index in [1.807, 2.05) is 6.92 Å². The summed E-state index contributed by atoms with van der Waals surface area (Å²) in [6.07, 6.45) is 0.708. The van der Waals surface area contributed by atoms with Crippen molar-refractivity contribution in [3.8, 4) is 0 Å². The fourth-order valence-electron chi connectivity index (χ4n) is 0.729. The Hall–Kier alpha value is -0.860. The van der Waals surface area contributed by atoms with Crippen LogP contribution in [-0.4, -0.2) is 17.5 Å². The smallest absolute Gasteiger partial charge is 0.169 e. The van der Waals surface area contributed by atoms with Gasteiger partial charge in [0.15, 0.2) is 6.10 Å². The van der Waals surface area contributed by atoms with Gasteiger partial charge in [-0.3, -0.25) is 0 Å². The zero-order chi connectivity index (χ0) is 6.85. The molecule has 9 heavy (non-hydrogen) atoms. The Morgan fingerprint density at radius 1 is 1.89 bits per heavy atom. The van der Waals surface area contributed by atoms with Crippen LogP contribution in [0.4, 0.5) is 0 Å². The normalized spacial score (nSPS) is 25.1. The summed E-state index contributed by atoms with van der Waals surface area (Å²) < 4.78 is 0. The molecule has 1 aliphatic rings. The van der Waals surface area contributed by atoms with Gasteiger partial charge in [0.2, 0.25) is 0 Å². The van der Waals surface area contributed by atoms with Crippen molar-refractivity contribution in [1.29, 1.82) is 5.41 Å². The second kappa shape index (κ2) is 2.17. The fourth-order valence-corrected chi connectivity index (χ4v) is 0.729. The van der Waals surface area contributed by atoms with Crippen molar-refractivity contribution in [3.63, 3.8) is 0 Å². The lowest BCUT2D eigenvalue weighted by atomic mass is 10.1. The molecule has 0 saturated heterocycles. The van der Waals surface area contributed by atoms with Crippen LogP contribution in [0.25, 0.3) is 0 Å². The predicted molar refractivity (Wildman–Crippen MR) is 36.0 cm³/mol. The molecular formula is C6H10N2O. The summed E-state index contributed by atoms with van der Waals surface area (Å²) in [4.78, 5) is 4.89. The Morgan fingerprint density at radius 2 is 2.56 bits per heavy atom. The minimum atomic E-state index is -0.0787. The van der Waals surface area contributed by atoms with Gasteiger partial charge in [-0.05, 0) is 13.8 Å². The summed E-state index contributed by atoms with van der Waals surface area (Å²) in [5, 5.41) is 10.9. The van der Waals surface area contributed by atoms with E-state index in [0.29, 0.717) is 5.71 Å². The molecule has 0 fully saturated rings. The molecule has 3 nitrogen and oxygen atoms in total. The molecule has 0 saturated carbocycles. The molecular weight excluding hydrogens is 116 g/mol. The lowest BCUT2D eigenvalue weighted by molar-refractivity contribution is 0.132. The predicted octanol–water partition coefficient (Wildman–Crippen LogP) is 1.19. The van der Waals surface area contributed by atoms with Crippen molar-refractivity contribution in [2.45, 2.75) is 26.4 Å². The molecule has 1 rings (SSSR count). The fraction of sp³-hybridized carbons (Fsp3) is 0.667. The molecule has 0 spiro atoms. The van der Waals surface area contributed by atoms with Gasteiger partial charge in [0.1, 0.15) is 0 Å². The highest BCUT2D eigenvalue weighted by Gasteiger charge is 2.19. The highest BCUT2D eigenvalue weighted by molar-refractivity contribution is 5.92. The maximum atomic E-state index is 7.18. The maximum absolute atomic E-state index is 7.18. The lowest BCUT2D eigenvalue weighted by Gasteiger charge is -2.02. The first-order valence-electron chi connectivity index (χ1n) is 2.94. The van der Waals surface area contributed by atoms with Crippen molar-refractivity contribution in [2.75, 3.05) is 0 Å². The second-order valence-electron chi connectivity index (χ2n) is 2.31. The molecule has 50 valence electrons. The van der Waals surface area contributed by atoms with Gasteiger partial charge in [0.25, 0.3) is 0 Å². The average Bonchev–Trinajstić information content (AvgIpc) is 2.14. The van der Waals surface area contributed by atoms with Crippen LogP contribution in [0, 0.1) is 5.41 Å². The Morgan fingerprint density at radius 3 is 2.78 bits per heavy atom. The van der Waals surface area contributed by atoms with E-state index >= 15 is 0 Å². The third-order valence-electron chi connectivity index (χ3n) is 1.30. The second-order valence-corrected chi connectivity index (χ2v) is 2.31. The molecule has 1 heterocycles. The van der Waals surface area contributed by atoms with Crippen molar-refractivity contribution in [3.05, 3.63) is 0 Å². The zero-order valence-electron chi connectivity index (χ0n) is 5.64. The number of oxime groups is 1. The molecule has 0 aromatic heterocycles. The van der Waals surface area contributed by atoms with E-state index in [1.165, 1.54) is 0 Å². The van der Waals surface area contributed by atoms with Crippen LogP contribution in [0.15, 0.2) is 5.16 Å². The van der Waals surface area contributed by atoms with Gasteiger partial charge in [0.05, 0.1) is 5.71 Å². The minimum Gasteiger partial charge on any atom is -0.386 e. The van der Waals surface area contributed by atoms with Gasteiger partial charge in [-0.2, -0.15) is 0 Å². The first kappa shape index (κ1) is 6.26. The number of rotatable bonds is 1. The standard InChI is InChI=1S/C6H10N2O/c1-4-3-6(5(2)7)9-8-4/h6-7H,3H2,1-2H3. The first-order valence-corrected chi connectivity index (χ1v) is 2.94. The summed E-state index contributed by atoms with van der Waals surface area (Å²) in [5.74, 6) is 0. The Bertz CT molecular complexity index is 162. The molecule has 0 aromatic carbocycles. The number of nitrogens with one attached hydrogen (secondary N) is 1. The highest BCUT2D eigenvalue weighted by atomic mass is 16.6. The van der Waals surface area contributed by atoms with Crippen molar-refractivity contribution in [2.24, 2.45) is 5.16 Å². The van der Waals surface area contributed by atoms with Crippen LogP contribution >= 0.6 is 0 Å². The Kier molecular flexibility index (Phi) is 1.51. The van der Waals surface area contributed by atoms with E-state index in [2.05, 4.69) is 5.16 Å². The van der Waals surface area contributed by atoms with Crippen molar-refractivity contribution >= 4 is 11.4 Å². The van der Waals surface area contributed by atoms with Crippen LogP contribution < -0.4 is 0 Å². The van der Waals surface area contributed by atoms with Gasteiger partial charge in [-0.15, -0.1) is 0 Å². The number of hydrogen-bond donors (Lipinski definition) is 1. The van der Waals surface area contributed by atoms with Gasteiger partial charge in [-0.1, -0.05) is 5.16 Å². The Balaban J connectivity index is 2.47. The van der Waals surface area contributed by atoms with Gasteiger partial charge < -0.3 is 10.2 Å². The highest BCUT2D eigenvalue weighted by Crippen LogP contribution is 2.10. The summed E-state index contributed by atoms with van der Waals surface area (Å²) in [6, 6.07) is 0. The van der Waals surface area contributed by atoms with Crippen molar-refractivity contribution < 1.29 is 4.84 Å². The SMILES string of the molecule is CC(=N)C1CC(C)=NO1. The molecule has 0 aromatic rings. The molecule has 1 N–H and O–H groups in total. The van der Waals surface area contributed by atoms with Gasteiger partial charge in [-0.25, -0.2) is 0 Å². The molecule has 1 aliphatic heterocycles. The molecule has 1 atom stereocenters. The average molecular weight is 126 g/mol. The van der Waals surface area contributed by atoms with E-state index in [-0.39, 0.29) is 6.10 Å². The summed E-state index contributed by atoms with van der Waals surface area (Å²) in [6.45, 7) is 3.64. The van der Waals surface area contributed by atoms with E-state index < -0.39 is 0 Å². The van der Waals surface area contributed by atoms with Gasteiger partial charge >= 0.3 is 0 Å². The molecule has 3 heteroatoms. The number of hydrogen-bond acceptors (Lipinski definition) is 3. The van der Waals surface area contributed by atoms with E-state index in [9.17, 15) is 0 Å². The third kappa shape index (κ3) is 1.28. The Labute approximate surface area is 54.2 Å². The topological polar surface area (TPSA) is 45.4 Å². The molecule has 0 radical (unpaired) electrons.